The summed E-state index contributed by atoms with van der Waals surface area (Å²) in [5, 5.41) is 10.2. The largest absolute Gasteiger partial charge is 0.497 e. The normalized spacial score (nSPS) is 12.0. The molecule has 0 spiro atoms. The van der Waals surface area contributed by atoms with Gasteiger partial charge in [-0.2, -0.15) is 0 Å². The molecule has 0 heterocycles. The molecule has 0 bridgehead atoms. The lowest BCUT2D eigenvalue weighted by Gasteiger charge is -2.26. The zero-order valence-corrected chi connectivity index (χ0v) is 36.2. The molecule has 0 aliphatic rings. The average Bonchev–Trinajstić information content (AvgIpc) is 3.35. The van der Waals surface area contributed by atoms with Crippen molar-refractivity contribution in [1.82, 2.24) is 21.0 Å². The standard InChI is InChI=1S/C52H51N5O8/c1-37(40-30-32-44(63-2)33-31-40)53-49(59)45(54-50(60)46(41-23-12-5-13-24-41)42-25-14-6-15-26-42)29-18-34-57(52(62)65-36-39-21-10-4-11-22-39)47(51(61)64-35-38-19-8-3-9-20-38)55-56-48(58)43-27-16-7-17-28-43/h3-17,19-28,30-33,37,45-46H,18,29,34-36H2,1-2H3,(H,53,59)(H,54,60)(H,56,58)/t37-,45-/m1/s1. The highest BCUT2D eigenvalue weighted by Gasteiger charge is 2.32. The number of benzene rings is 6. The van der Waals surface area contributed by atoms with Crippen molar-refractivity contribution in [3.63, 3.8) is 0 Å². The van der Waals surface area contributed by atoms with E-state index in [1.807, 2.05) is 91.9 Å². The Morgan fingerprint density at radius 3 is 1.63 bits per heavy atom. The molecule has 65 heavy (non-hydrogen) atoms. The topological polar surface area (TPSA) is 165 Å². The fourth-order valence-electron chi connectivity index (χ4n) is 6.90. The number of ether oxygens (including phenoxy) is 3. The van der Waals surface area contributed by atoms with Gasteiger partial charge in [0.25, 0.3) is 5.91 Å². The van der Waals surface area contributed by atoms with E-state index in [9.17, 15) is 24.0 Å². The number of hydrogen-bond acceptors (Lipinski definition) is 9. The number of amidine groups is 1. The smallest absolute Gasteiger partial charge is 0.416 e. The van der Waals surface area contributed by atoms with Crippen LogP contribution in [-0.4, -0.2) is 60.2 Å². The molecule has 0 aliphatic heterocycles. The molecular formula is C52H51N5O8. The van der Waals surface area contributed by atoms with E-state index < -0.39 is 53.6 Å². The van der Waals surface area contributed by atoms with Gasteiger partial charge < -0.3 is 24.8 Å². The Morgan fingerprint density at radius 1 is 0.585 bits per heavy atom. The SMILES string of the molecule is COc1ccc([C@@H](C)NC(=O)[C@@H](CCCN(C(=O)OCc2ccccc2)C(=NNC(=O)c2ccccc2)C(=O)OCc2ccccc2)NC(=O)C(c2ccccc2)c2ccccc2)cc1. The molecule has 0 saturated carbocycles. The van der Waals surface area contributed by atoms with Crippen molar-refractivity contribution in [3.05, 3.63) is 209 Å². The second-order valence-electron chi connectivity index (χ2n) is 15.0. The summed E-state index contributed by atoms with van der Waals surface area (Å²) in [6.45, 7) is 1.27. The fraction of sp³-hybridized carbons (Fsp3) is 0.192. The van der Waals surface area contributed by atoms with Crippen LogP contribution in [0, 0.1) is 0 Å². The average molecular weight is 874 g/mol. The Kier molecular flexibility index (Phi) is 17.1. The van der Waals surface area contributed by atoms with E-state index in [1.165, 1.54) is 0 Å². The third kappa shape index (κ3) is 13.7. The van der Waals surface area contributed by atoms with E-state index in [2.05, 4.69) is 21.2 Å². The molecule has 13 nitrogen and oxygen atoms in total. The van der Waals surface area contributed by atoms with Gasteiger partial charge in [-0.15, -0.1) is 5.10 Å². The van der Waals surface area contributed by atoms with Crippen LogP contribution in [0.2, 0.25) is 0 Å². The lowest BCUT2D eigenvalue weighted by Crippen LogP contribution is -2.49. The molecule has 6 rings (SSSR count). The van der Waals surface area contributed by atoms with Gasteiger partial charge in [0, 0.05) is 12.1 Å². The number of carbonyl (C=O) groups excluding carboxylic acids is 5. The summed E-state index contributed by atoms with van der Waals surface area (Å²) in [5.41, 5.74) is 6.24. The van der Waals surface area contributed by atoms with Crippen LogP contribution in [0.5, 0.6) is 5.75 Å². The van der Waals surface area contributed by atoms with Gasteiger partial charge in [-0.1, -0.05) is 152 Å². The molecule has 4 amide bonds. The maximum atomic E-state index is 14.5. The van der Waals surface area contributed by atoms with Gasteiger partial charge in [0.05, 0.1) is 19.1 Å². The van der Waals surface area contributed by atoms with Gasteiger partial charge in [-0.05, 0) is 71.8 Å². The lowest BCUT2D eigenvalue weighted by atomic mass is 9.90. The zero-order chi connectivity index (χ0) is 45.8. The summed E-state index contributed by atoms with van der Waals surface area (Å²) in [6, 6.07) is 50.3. The fourth-order valence-corrected chi connectivity index (χ4v) is 6.90. The molecule has 6 aromatic carbocycles. The monoisotopic (exact) mass is 873 g/mol. The van der Waals surface area contributed by atoms with Crippen LogP contribution in [0.15, 0.2) is 181 Å². The first-order chi connectivity index (χ1) is 31.7. The highest BCUT2D eigenvalue weighted by Crippen LogP contribution is 2.26. The molecule has 3 N–H and O–H groups in total. The summed E-state index contributed by atoms with van der Waals surface area (Å²) < 4.78 is 16.7. The summed E-state index contributed by atoms with van der Waals surface area (Å²) >= 11 is 0. The van der Waals surface area contributed by atoms with E-state index in [4.69, 9.17) is 14.2 Å². The molecule has 0 fully saturated rings. The number of carbonyl (C=O) groups is 5. The number of hydrogen-bond donors (Lipinski definition) is 3. The van der Waals surface area contributed by atoms with Crippen LogP contribution >= 0.6 is 0 Å². The Morgan fingerprint density at radius 2 is 1.09 bits per heavy atom. The highest BCUT2D eigenvalue weighted by molar-refractivity contribution is 6.37. The molecule has 2 atom stereocenters. The molecule has 6 aromatic rings. The number of rotatable bonds is 18. The molecule has 332 valence electrons. The molecule has 0 aliphatic carbocycles. The van der Waals surface area contributed by atoms with Gasteiger partial charge >= 0.3 is 12.1 Å². The predicted molar refractivity (Wildman–Crippen MR) is 246 cm³/mol. The lowest BCUT2D eigenvalue weighted by molar-refractivity contribution is -0.137. The first-order valence-electron chi connectivity index (χ1n) is 21.2. The van der Waals surface area contributed by atoms with Crippen LogP contribution < -0.4 is 20.8 Å². The van der Waals surface area contributed by atoms with Gasteiger partial charge in [0.2, 0.25) is 17.6 Å². The molecule has 0 unspecified atom stereocenters. The Labute approximate surface area is 378 Å². The quantitative estimate of drug-likeness (QED) is 0.0338. The van der Waals surface area contributed by atoms with Crippen LogP contribution in [0.4, 0.5) is 4.79 Å². The minimum Gasteiger partial charge on any atom is -0.497 e. The number of amides is 4. The van der Waals surface area contributed by atoms with E-state index in [1.54, 1.807) is 98.1 Å². The third-order valence-electron chi connectivity index (χ3n) is 10.4. The molecule has 13 heteroatoms. The summed E-state index contributed by atoms with van der Waals surface area (Å²) in [5.74, 6) is -3.24. The molecular weight excluding hydrogens is 823 g/mol. The van der Waals surface area contributed by atoms with Gasteiger partial charge in [-0.3, -0.25) is 19.3 Å². The van der Waals surface area contributed by atoms with Crippen LogP contribution in [0.1, 0.15) is 69.9 Å². The number of hydrazone groups is 1. The number of methoxy groups -OCH3 is 1. The van der Waals surface area contributed by atoms with Crippen molar-refractivity contribution in [2.75, 3.05) is 13.7 Å². The van der Waals surface area contributed by atoms with Gasteiger partial charge in [0.1, 0.15) is 25.0 Å². The maximum Gasteiger partial charge on any atom is 0.416 e. The molecule has 0 saturated heterocycles. The first kappa shape index (κ1) is 46.4. The first-order valence-corrected chi connectivity index (χ1v) is 21.2. The summed E-state index contributed by atoms with van der Waals surface area (Å²) in [6.07, 6.45) is -0.937. The number of nitrogens with zero attached hydrogens (tertiary/aromatic N) is 2. The van der Waals surface area contributed by atoms with Gasteiger partial charge in [-0.25, -0.2) is 15.0 Å². The van der Waals surface area contributed by atoms with Crippen molar-refractivity contribution in [2.45, 2.75) is 51.0 Å². The van der Waals surface area contributed by atoms with Crippen molar-refractivity contribution in [2.24, 2.45) is 5.10 Å². The molecule has 0 radical (unpaired) electrons. The van der Waals surface area contributed by atoms with E-state index >= 15 is 0 Å². The second-order valence-corrected chi connectivity index (χ2v) is 15.0. The zero-order valence-electron chi connectivity index (χ0n) is 36.2. The summed E-state index contributed by atoms with van der Waals surface area (Å²) in [7, 11) is 1.57. The second kappa shape index (κ2) is 24.0. The Hall–Kier alpha value is -8.06. The summed E-state index contributed by atoms with van der Waals surface area (Å²) in [4.78, 5) is 71.1. The number of nitrogens with one attached hydrogen (secondary N) is 3. The van der Waals surface area contributed by atoms with E-state index in [-0.39, 0.29) is 38.2 Å². The number of esters is 1. The minimum absolute atomic E-state index is 0.00557. The third-order valence-corrected chi connectivity index (χ3v) is 10.4. The maximum absolute atomic E-state index is 14.5. The van der Waals surface area contributed by atoms with Crippen LogP contribution in [0.3, 0.4) is 0 Å². The van der Waals surface area contributed by atoms with Crippen LogP contribution in [-0.2, 0) is 37.1 Å². The van der Waals surface area contributed by atoms with E-state index in [0.717, 1.165) is 21.6 Å². The van der Waals surface area contributed by atoms with Crippen molar-refractivity contribution in [1.29, 1.82) is 0 Å². The van der Waals surface area contributed by atoms with Gasteiger partial charge in [0.15, 0.2) is 0 Å². The predicted octanol–water partition coefficient (Wildman–Crippen LogP) is 8.10. The highest BCUT2D eigenvalue weighted by atomic mass is 16.6. The Balaban J connectivity index is 1.30. The van der Waals surface area contributed by atoms with Crippen molar-refractivity contribution in [3.8, 4) is 5.75 Å². The Bertz CT molecular complexity index is 2450. The van der Waals surface area contributed by atoms with Crippen molar-refractivity contribution >= 4 is 35.6 Å². The minimum atomic E-state index is -1.12. The van der Waals surface area contributed by atoms with E-state index in [0.29, 0.717) is 16.9 Å². The molecule has 0 aromatic heterocycles. The van der Waals surface area contributed by atoms with Crippen molar-refractivity contribution < 1.29 is 38.2 Å². The van der Waals surface area contributed by atoms with Crippen LogP contribution in [0.25, 0.3) is 0 Å².